The molecular weight excluding hydrogens is 278 g/mol. The lowest BCUT2D eigenvalue weighted by Crippen LogP contribution is -2.03. The van der Waals surface area contributed by atoms with Gasteiger partial charge < -0.3 is 0 Å². The van der Waals surface area contributed by atoms with Crippen molar-refractivity contribution in [2.75, 3.05) is 0 Å². The first kappa shape index (κ1) is 12.3. The fourth-order valence-electron chi connectivity index (χ4n) is 1.89. The number of nitrogens with zero attached hydrogens (tertiary/aromatic N) is 1. The number of thiophene rings is 1. The topological polar surface area (TPSA) is 30.0 Å². The number of aromatic nitrogens is 1. The zero-order chi connectivity index (χ0) is 13.2. The zero-order valence-electron chi connectivity index (χ0n) is 9.97. The molecule has 0 unspecified atom stereocenters. The first-order valence-corrected chi connectivity index (χ1v) is 7.09. The molecular formula is C15H10ClNOS. The third-order valence-electron chi connectivity index (χ3n) is 2.90. The number of ketones is 1. The maximum Gasteiger partial charge on any atom is 0.168 e. The van der Waals surface area contributed by atoms with Crippen LogP contribution < -0.4 is 0 Å². The molecule has 4 heteroatoms. The van der Waals surface area contributed by atoms with Gasteiger partial charge >= 0.3 is 0 Å². The minimum Gasteiger partial charge on any atom is -0.294 e. The first-order chi connectivity index (χ1) is 9.22. The number of carbonyl (C=O) groups is 1. The van der Waals surface area contributed by atoms with Gasteiger partial charge in [0.25, 0.3) is 0 Å². The Labute approximate surface area is 119 Å². The van der Waals surface area contributed by atoms with Crippen LogP contribution in [0.25, 0.3) is 10.2 Å². The molecule has 0 aliphatic rings. The molecule has 3 aromatic rings. The molecule has 19 heavy (non-hydrogen) atoms. The number of hydrogen-bond donors (Lipinski definition) is 0. The lowest BCUT2D eigenvalue weighted by Gasteiger charge is -2.02. The van der Waals surface area contributed by atoms with Crippen molar-refractivity contribution < 1.29 is 4.79 Å². The Morgan fingerprint density at radius 1 is 1.21 bits per heavy atom. The van der Waals surface area contributed by atoms with Gasteiger partial charge in [-0.25, -0.2) is 0 Å². The van der Waals surface area contributed by atoms with E-state index in [9.17, 15) is 4.79 Å². The molecule has 2 aromatic heterocycles. The number of Topliss-reactive ketones (excluding diaryl/α,β-unsaturated/α-hetero) is 1. The fraction of sp³-hybridized carbons (Fsp3) is 0.0667. The third-order valence-corrected chi connectivity index (χ3v) is 4.01. The predicted molar refractivity (Wildman–Crippen MR) is 79.1 cm³/mol. The molecule has 0 fully saturated rings. The zero-order valence-corrected chi connectivity index (χ0v) is 11.5. The van der Waals surface area contributed by atoms with Crippen LogP contribution in [0.2, 0.25) is 5.02 Å². The van der Waals surface area contributed by atoms with E-state index in [1.807, 2.05) is 29.6 Å². The van der Waals surface area contributed by atoms with Crippen LogP contribution in [0.15, 0.2) is 48.0 Å². The second-order valence-electron chi connectivity index (χ2n) is 4.25. The quantitative estimate of drug-likeness (QED) is 0.669. The number of rotatable bonds is 3. The van der Waals surface area contributed by atoms with E-state index in [0.29, 0.717) is 17.0 Å². The van der Waals surface area contributed by atoms with E-state index >= 15 is 0 Å². The van der Waals surface area contributed by atoms with Crippen LogP contribution in [-0.4, -0.2) is 10.8 Å². The lowest BCUT2D eigenvalue weighted by molar-refractivity contribution is 0.0993. The summed E-state index contributed by atoms with van der Waals surface area (Å²) in [5.74, 6) is 0.0742. The van der Waals surface area contributed by atoms with E-state index in [1.165, 1.54) is 0 Å². The van der Waals surface area contributed by atoms with Gasteiger partial charge in [-0.15, -0.1) is 11.3 Å². The standard InChI is InChI=1S/C15H10ClNOS/c16-12-3-1-10(2-4-12)7-14(18)11-8-15-13(17-9-11)5-6-19-15/h1-6,8-9H,7H2. The Hall–Kier alpha value is -1.71. The van der Waals surface area contributed by atoms with Gasteiger partial charge in [0.1, 0.15) is 0 Å². The summed E-state index contributed by atoms with van der Waals surface area (Å²) in [6.07, 6.45) is 2.02. The highest BCUT2D eigenvalue weighted by Crippen LogP contribution is 2.20. The molecule has 0 spiro atoms. The molecule has 0 bridgehead atoms. The summed E-state index contributed by atoms with van der Waals surface area (Å²) >= 11 is 7.42. The van der Waals surface area contributed by atoms with Crippen LogP contribution in [0.4, 0.5) is 0 Å². The maximum absolute atomic E-state index is 12.2. The van der Waals surface area contributed by atoms with Crippen LogP contribution in [0.1, 0.15) is 15.9 Å². The van der Waals surface area contributed by atoms with Gasteiger partial charge in [0.2, 0.25) is 0 Å². The van der Waals surface area contributed by atoms with E-state index in [0.717, 1.165) is 15.8 Å². The molecule has 94 valence electrons. The summed E-state index contributed by atoms with van der Waals surface area (Å²) in [5, 5.41) is 2.66. The maximum atomic E-state index is 12.2. The Morgan fingerprint density at radius 2 is 2.00 bits per heavy atom. The molecule has 0 saturated heterocycles. The molecule has 2 nitrogen and oxygen atoms in total. The van der Waals surface area contributed by atoms with Crippen molar-refractivity contribution >= 4 is 38.9 Å². The number of benzene rings is 1. The van der Waals surface area contributed by atoms with Gasteiger partial charge in [-0.2, -0.15) is 0 Å². The second-order valence-corrected chi connectivity index (χ2v) is 5.64. The lowest BCUT2D eigenvalue weighted by atomic mass is 10.0. The van der Waals surface area contributed by atoms with Crippen molar-refractivity contribution in [3.8, 4) is 0 Å². The van der Waals surface area contributed by atoms with Gasteiger partial charge in [0, 0.05) is 23.2 Å². The molecule has 0 atom stereocenters. The molecule has 2 heterocycles. The molecule has 0 N–H and O–H groups in total. The molecule has 0 aliphatic carbocycles. The van der Waals surface area contributed by atoms with Crippen molar-refractivity contribution in [1.82, 2.24) is 4.98 Å². The molecule has 3 rings (SSSR count). The van der Waals surface area contributed by atoms with Gasteiger partial charge in [-0.1, -0.05) is 23.7 Å². The SMILES string of the molecule is O=C(Cc1ccc(Cl)cc1)c1cnc2ccsc2c1. The van der Waals surface area contributed by atoms with Gasteiger partial charge in [-0.3, -0.25) is 9.78 Å². The minimum absolute atomic E-state index is 0.0742. The number of fused-ring (bicyclic) bond motifs is 1. The largest absolute Gasteiger partial charge is 0.294 e. The highest BCUT2D eigenvalue weighted by atomic mass is 35.5. The Kier molecular flexibility index (Phi) is 3.32. The number of carbonyl (C=O) groups excluding carboxylic acids is 1. The number of pyridine rings is 1. The summed E-state index contributed by atoms with van der Waals surface area (Å²) in [7, 11) is 0. The van der Waals surface area contributed by atoms with Gasteiger partial charge in [0.15, 0.2) is 5.78 Å². The minimum atomic E-state index is 0.0742. The van der Waals surface area contributed by atoms with E-state index in [4.69, 9.17) is 11.6 Å². The van der Waals surface area contributed by atoms with Gasteiger partial charge in [-0.05, 0) is 35.2 Å². The van der Waals surface area contributed by atoms with Crippen molar-refractivity contribution in [3.63, 3.8) is 0 Å². The molecule has 0 aliphatic heterocycles. The predicted octanol–water partition coefficient (Wildman–Crippen LogP) is 4.38. The first-order valence-electron chi connectivity index (χ1n) is 5.83. The highest BCUT2D eigenvalue weighted by molar-refractivity contribution is 7.17. The number of halogens is 1. The van der Waals surface area contributed by atoms with Crippen molar-refractivity contribution in [2.24, 2.45) is 0 Å². The van der Waals surface area contributed by atoms with E-state index in [1.54, 1.807) is 29.7 Å². The van der Waals surface area contributed by atoms with Crippen LogP contribution in [0, 0.1) is 0 Å². The summed E-state index contributed by atoms with van der Waals surface area (Å²) < 4.78 is 1.04. The van der Waals surface area contributed by atoms with Crippen LogP contribution >= 0.6 is 22.9 Å². The average molecular weight is 288 g/mol. The van der Waals surface area contributed by atoms with E-state index in [2.05, 4.69) is 4.98 Å². The van der Waals surface area contributed by atoms with Crippen molar-refractivity contribution in [3.05, 3.63) is 64.1 Å². The third kappa shape index (κ3) is 2.67. The van der Waals surface area contributed by atoms with Crippen LogP contribution in [-0.2, 0) is 6.42 Å². The molecule has 0 radical (unpaired) electrons. The van der Waals surface area contributed by atoms with Crippen LogP contribution in [0.3, 0.4) is 0 Å². The Morgan fingerprint density at radius 3 is 2.79 bits per heavy atom. The second kappa shape index (κ2) is 5.11. The average Bonchev–Trinajstić information content (AvgIpc) is 2.88. The molecule has 0 saturated carbocycles. The highest BCUT2D eigenvalue weighted by Gasteiger charge is 2.09. The number of hydrogen-bond acceptors (Lipinski definition) is 3. The van der Waals surface area contributed by atoms with Crippen molar-refractivity contribution in [2.45, 2.75) is 6.42 Å². The summed E-state index contributed by atoms with van der Waals surface area (Å²) in [4.78, 5) is 16.5. The monoisotopic (exact) mass is 287 g/mol. The molecule has 0 amide bonds. The fourth-order valence-corrected chi connectivity index (χ4v) is 2.79. The van der Waals surface area contributed by atoms with Gasteiger partial charge in [0.05, 0.1) is 10.2 Å². The van der Waals surface area contributed by atoms with E-state index < -0.39 is 0 Å². The Balaban J connectivity index is 1.84. The van der Waals surface area contributed by atoms with Crippen molar-refractivity contribution in [1.29, 1.82) is 0 Å². The normalized spacial score (nSPS) is 10.8. The summed E-state index contributed by atoms with van der Waals surface area (Å²) in [6.45, 7) is 0. The summed E-state index contributed by atoms with van der Waals surface area (Å²) in [6, 6.07) is 11.2. The van der Waals surface area contributed by atoms with Crippen LogP contribution in [0.5, 0.6) is 0 Å². The van der Waals surface area contributed by atoms with E-state index in [-0.39, 0.29) is 5.78 Å². The summed E-state index contributed by atoms with van der Waals surface area (Å²) in [5.41, 5.74) is 2.55. The smallest absolute Gasteiger partial charge is 0.168 e. The Bertz CT molecular complexity index is 733. The molecule has 1 aromatic carbocycles.